The van der Waals surface area contributed by atoms with Crippen LogP contribution in [0.5, 0.6) is 0 Å². The van der Waals surface area contributed by atoms with E-state index >= 15 is 0 Å². The number of rotatable bonds is 4. The summed E-state index contributed by atoms with van der Waals surface area (Å²) >= 11 is 1.60. The third-order valence-electron chi connectivity index (χ3n) is 2.96. The lowest BCUT2D eigenvalue weighted by Crippen LogP contribution is -2.22. The van der Waals surface area contributed by atoms with Crippen LogP contribution in [0.15, 0.2) is 35.7 Å². The number of benzene rings is 1. The lowest BCUT2D eigenvalue weighted by molar-refractivity contribution is 0.350. The fourth-order valence-corrected chi connectivity index (χ4v) is 2.80. The Labute approximate surface area is 122 Å². The fraction of sp³-hybridized carbons (Fsp3) is 0.250. The highest BCUT2D eigenvalue weighted by molar-refractivity contribution is 7.10. The van der Waals surface area contributed by atoms with Crippen molar-refractivity contribution >= 4 is 17.0 Å². The second-order valence-corrected chi connectivity index (χ2v) is 5.18. The zero-order valence-electron chi connectivity index (χ0n) is 11.3. The number of hydrogen-bond donors (Lipinski definition) is 1. The molecule has 0 bridgehead atoms. The zero-order chi connectivity index (χ0) is 14.4. The average Bonchev–Trinajstić information content (AvgIpc) is 2.90. The van der Waals surface area contributed by atoms with Crippen molar-refractivity contribution in [3.8, 4) is 11.8 Å². The maximum Gasteiger partial charge on any atom is 0.146 e. The van der Waals surface area contributed by atoms with Gasteiger partial charge in [-0.05, 0) is 30.5 Å². The molecule has 0 aliphatic carbocycles. The van der Waals surface area contributed by atoms with Crippen molar-refractivity contribution in [2.75, 3.05) is 18.1 Å². The van der Waals surface area contributed by atoms with E-state index in [-0.39, 0.29) is 12.4 Å². The van der Waals surface area contributed by atoms with E-state index in [1.54, 1.807) is 23.5 Å². The summed E-state index contributed by atoms with van der Waals surface area (Å²) in [6.45, 7) is 3.18. The number of para-hydroxylation sites is 1. The minimum absolute atomic E-state index is 0.153. The average molecular weight is 289 g/mol. The molecule has 2 nitrogen and oxygen atoms in total. The smallest absolute Gasteiger partial charge is 0.146 e. The summed E-state index contributed by atoms with van der Waals surface area (Å²) in [5.74, 6) is 5.37. The van der Waals surface area contributed by atoms with Gasteiger partial charge in [-0.3, -0.25) is 0 Å². The van der Waals surface area contributed by atoms with Gasteiger partial charge in [0.1, 0.15) is 12.4 Å². The van der Waals surface area contributed by atoms with Gasteiger partial charge in [-0.25, -0.2) is 4.39 Å². The van der Waals surface area contributed by atoms with Crippen LogP contribution in [0.25, 0.3) is 0 Å². The highest BCUT2D eigenvalue weighted by Gasteiger charge is 2.12. The molecule has 2 aromatic rings. The van der Waals surface area contributed by atoms with Gasteiger partial charge in [0.05, 0.1) is 12.2 Å². The first kappa shape index (κ1) is 14.6. The van der Waals surface area contributed by atoms with Crippen molar-refractivity contribution in [2.45, 2.75) is 13.5 Å². The van der Waals surface area contributed by atoms with E-state index in [0.29, 0.717) is 18.8 Å². The molecule has 0 atom stereocenters. The molecule has 0 spiro atoms. The van der Waals surface area contributed by atoms with Gasteiger partial charge in [-0.1, -0.05) is 24.0 Å². The molecule has 0 saturated heterocycles. The molecule has 0 radical (unpaired) electrons. The summed E-state index contributed by atoms with van der Waals surface area (Å²) in [5.41, 5.74) is 1.50. The third-order valence-corrected chi connectivity index (χ3v) is 3.86. The Kier molecular flexibility index (Phi) is 5.16. The molecule has 1 aromatic heterocycles. The molecule has 1 N–H and O–H groups in total. The van der Waals surface area contributed by atoms with E-state index in [4.69, 9.17) is 5.11 Å². The largest absolute Gasteiger partial charge is 0.384 e. The van der Waals surface area contributed by atoms with Crippen LogP contribution in [-0.4, -0.2) is 18.3 Å². The predicted octanol–water partition coefficient (Wildman–Crippen LogP) is 3.26. The van der Waals surface area contributed by atoms with Crippen molar-refractivity contribution in [1.29, 1.82) is 0 Å². The minimum Gasteiger partial charge on any atom is -0.384 e. The second-order valence-electron chi connectivity index (χ2n) is 4.18. The first-order valence-corrected chi connectivity index (χ1v) is 7.29. The van der Waals surface area contributed by atoms with Crippen molar-refractivity contribution in [2.24, 2.45) is 0 Å². The summed E-state index contributed by atoms with van der Waals surface area (Å²) in [4.78, 5) is 3.06. The standard InChI is InChI=1S/C16H16FNOS/c1-2-18(15-8-4-3-7-14(15)17)12-16-13(6-5-10-19)9-11-20-16/h3-4,7-9,11,19H,2,10,12H2,1H3. The van der Waals surface area contributed by atoms with E-state index < -0.39 is 0 Å². The van der Waals surface area contributed by atoms with Crippen LogP contribution in [0, 0.1) is 17.7 Å². The monoisotopic (exact) mass is 289 g/mol. The molecule has 4 heteroatoms. The van der Waals surface area contributed by atoms with Crippen molar-refractivity contribution in [3.05, 3.63) is 52.0 Å². The SMILES string of the molecule is CCN(Cc1sccc1C#CCO)c1ccccc1F. The van der Waals surface area contributed by atoms with Gasteiger partial charge in [0.2, 0.25) is 0 Å². The lowest BCUT2D eigenvalue weighted by Gasteiger charge is -2.23. The van der Waals surface area contributed by atoms with Gasteiger partial charge in [0.15, 0.2) is 0 Å². The van der Waals surface area contributed by atoms with Crippen LogP contribution in [0.2, 0.25) is 0 Å². The highest BCUT2D eigenvalue weighted by Crippen LogP contribution is 2.24. The topological polar surface area (TPSA) is 23.5 Å². The predicted molar refractivity (Wildman–Crippen MR) is 81.4 cm³/mol. The number of anilines is 1. The molecule has 0 aliphatic rings. The van der Waals surface area contributed by atoms with Gasteiger partial charge < -0.3 is 10.0 Å². The molecule has 0 amide bonds. The molecule has 104 valence electrons. The van der Waals surface area contributed by atoms with Gasteiger partial charge in [-0.2, -0.15) is 0 Å². The summed E-state index contributed by atoms with van der Waals surface area (Å²) in [5, 5.41) is 10.7. The summed E-state index contributed by atoms with van der Waals surface area (Å²) in [6.07, 6.45) is 0. The van der Waals surface area contributed by atoms with E-state index in [9.17, 15) is 4.39 Å². The Balaban J connectivity index is 2.23. The van der Waals surface area contributed by atoms with Crippen LogP contribution in [0.4, 0.5) is 10.1 Å². The maximum absolute atomic E-state index is 13.9. The molecule has 0 saturated carbocycles. The van der Waals surface area contributed by atoms with Gasteiger partial charge in [0, 0.05) is 17.0 Å². The van der Waals surface area contributed by atoms with Gasteiger partial charge >= 0.3 is 0 Å². The van der Waals surface area contributed by atoms with Crippen molar-refractivity contribution < 1.29 is 9.50 Å². The Hall–Kier alpha value is -1.83. The number of aliphatic hydroxyl groups is 1. The van der Waals surface area contributed by atoms with E-state index in [1.807, 2.05) is 29.3 Å². The molecule has 0 unspecified atom stereocenters. The van der Waals surface area contributed by atoms with Crippen LogP contribution in [-0.2, 0) is 6.54 Å². The Morgan fingerprint density at radius 2 is 2.10 bits per heavy atom. The fourth-order valence-electron chi connectivity index (χ4n) is 1.96. The van der Waals surface area contributed by atoms with E-state index in [1.165, 1.54) is 6.07 Å². The summed E-state index contributed by atoms with van der Waals surface area (Å²) < 4.78 is 13.9. The molecule has 1 aromatic carbocycles. The second kappa shape index (κ2) is 7.09. The number of aliphatic hydroxyl groups excluding tert-OH is 1. The molecule has 0 aliphatic heterocycles. The summed E-state index contributed by atoms with van der Waals surface area (Å²) in [7, 11) is 0. The van der Waals surface area contributed by atoms with Crippen molar-refractivity contribution in [3.63, 3.8) is 0 Å². The van der Waals surface area contributed by atoms with Crippen LogP contribution in [0.3, 0.4) is 0 Å². The Morgan fingerprint density at radius 3 is 2.80 bits per heavy atom. The van der Waals surface area contributed by atoms with Crippen molar-refractivity contribution in [1.82, 2.24) is 0 Å². The molecular formula is C16H16FNOS. The first-order valence-electron chi connectivity index (χ1n) is 6.41. The normalized spacial score (nSPS) is 9.95. The van der Waals surface area contributed by atoms with Gasteiger partial charge in [-0.15, -0.1) is 11.3 Å². The molecule has 20 heavy (non-hydrogen) atoms. The van der Waals surface area contributed by atoms with Crippen LogP contribution < -0.4 is 4.90 Å². The number of hydrogen-bond acceptors (Lipinski definition) is 3. The Morgan fingerprint density at radius 1 is 1.30 bits per heavy atom. The quantitative estimate of drug-likeness (QED) is 0.873. The summed E-state index contributed by atoms with van der Waals surface area (Å²) in [6, 6.07) is 8.71. The maximum atomic E-state index is 13.9. The van der Waals surface area contributed by atoms with Crippen LogP contribution in [0.1, 0.15) is 17.4 Å². The molecule has 2 rings (SSSR count). The third kappa shape index (κ3) is 3.38. The van der Waals surface area contributed by atoms with Gasteiger partial charge in [0.25, 0.3) is 0 Å². The lowest BCUT2D eigenvalue weighted by atomic mass is 10.2. The highest BCUT2D eigenvalue weighted by atomic mass is 32.1. The molecular weight excluding hydrogens is 273 g/mol. The number of nitrogens with zero attached hydrogens (tertiary/aromatic N) is 1. The van der Waals surface area contributed by atoms with E-state index in [0.717, 1.165) is 10.4 Å². The molecule has 1 heterocycles. The number of thiophene rings is 1. The zero-order valence-corrected chi connectivity index (χ0v) is 12.1. The number of halogens is 1. The Bertz CT molecular complexity index is 627. The minimum atomic E-state index is -0.214. The first-order chi connectivity index (χ1) is 9.76. The van der Waals surface area contributed by atoms with Crippen LogP contribution >= 0.6 is 11.3 Å². The van der Waals surface area contributed by atoms with E-state index in [2.05, 4.69) is 11.8 Å². The molecule has 0 fully saturated rings.